The fourth-order valence-corrected chi connectivity index (χ4v) is 3.59. The topological polar surface area (TPSA) is 67.3 Å². The maximum atomic E-state index is 12.9. The van der Waals surface area contributed by atoms with Crippen molar-refractivity contribution in [2.75, 3.05) is 26.3 Å². The van der Waals surface area contributed by atoms with E-state index < -0.39 is 0 Å². The number of carbonyl (C=O) groups excluding carboxylic acids is 1. The maximum Gasteiger partial charge on any atom is 0.274 e. The van der Waals surface area contributed by atoms with E-state index in [0.717, 1.165) is 16.5 Å². The third-order valence-corrected chi connectivity index (χ3v) is 5.09. The van der Waals surface area contributed by atoms with Gasteiger partial charge in [0.2, 0.25) is 0 Å². The number of hydrogen-bond donors (Lipinski definition) is 1. The molecule has 0 unspecified atom stereocenters. The summed E-state index contributed by atoms with van der Waals surface area (Å²) in [6, 6.07) is 9.51. The van der Waals surface area contributed by atoms with Gasteiger partial charge in [-0.15, -0.1) is 6.58 Å². The summed E-state index contributed by atoms with van der Waals surface area (Å²) in [6.07, 6.45) is 6.16. The standard InChI is InChI=1S/C22H23N3O3/c1-2-3-9-25-15-19(18-7-8-23-20(18)22(25)27)16-5-4-6-17(14-16)21(26)24-10-12-28-13-11-24/h2,4-8,14-15,23H,1,3,9-13H2. The number of H-pyrrole nitrogens is 1. The minimum absolute atomic E-state index is 0.00967. The largest absolute Gasteiger partial charge is 0.378 e. The average molecular weight is 377 g/mol. The quantitative estimate of drug-likeness (QED) is 0.695. The van der Waals surface area contributed by atoms with Crippen molar-refractivity contribution in [3.8, 4) is 11.1 Å². The molecule has 144 valence electrons. The molecular formula is C22H23N3O3. The van der Waals surface area contributed by atoms with Gasteiger partial charge in [-0.05, 0) is 30.2 Å². The molecule has 4 rings (SSSR count). The predicted molar refractivity (Wildman–Crippen MR) is 110 cm³/mol. The van der Waals surface area contributed by atoms with Gasteiger partial charge < -0.3 is 19.2 Å². The van der Waals surface area contributed by atoms with Crippen LogP contribution in [-0.2, 0) is 11.3 Å². The van der Waals surface area contributed by atoms with Crippen LogP contribution in [0.4, 0.5) is 0 Å². The first-order chi connectivity index (χ1) is 13.7. The second-order valence-electron chi connectivity index (χ2n) is 6.87. The van der Waals surface area contributed by atoms with E-state index in [1.54, 1.807) is 16.8 Å². The highest BCUT2D eigenvalue weighted by Crippen LogP contribution is 2.27. The molecule has 1 aliphatic heterocycles. The van der Waals surface area contributed by atoms with Crippen molar-refractivity contribution in [3.63, 3.8) is 0 Å². The summed E-state index contributed by atoms with van der Waals surface area (Å²) in [5.74, 6) is 0.00967. The Kier molecular flexibility index (Phi) is 5.12. The van der Waals surface area contributed by atoms with Gasteiger partial charge in [0.15, 0.2) is 0 Å². The van der Waals surface area contributed by atoms with Crippen LogP contribution in [0.2, 0.25) is 0 Å². The first kappa shape index (κ1) is 18.3. The molecule has 0 bridgehead atoms. The number of pyridine rings is 1. The smallest absolute Gasteiger partial charge is 0.274 e. The monoisotopic (exact) mass is 377 g/mol. The number of aromatic nitrogens is 2. The zero-order chi connectivity index (χ0) is 19.5. The number of nitrogens with zero attached hydrogens (tertiary/aromatic N) is 2. The normalized spacial score (nSPS) is 14.4. The molecule has 28 heavy (non-hydrogen) atoms. The summed E-state index contributed by atoms with van der Waals surface area (Å²) < 4.78 is 7.04. The molecule has 1 aliphatic rings. The van der Waals surface area contributed by atoms with Crippen molar-refractivity contribution in [2.45, 2.75) is 13.0 Å². The second kappa shape index (κ2) is 7.86. The molecular weight excluding hydrogens is 354 g/mol. The SMILES string of the molecule is C=CCCn1cc(-c2cccc(C(=O)N3CCOCC3)c2)c2cc[nH]c2c1=O. The zero-order valence-electron chi connectivity index (χ0n) is 15.7. The molecule has 1 saturated heterocycles. The highest BCUT2D eigenvalue weighted by Gasteiger charge is 2.19. The number of aryl methyl sites for hydroxylation is 1. The van der Waals surface area contributed by atoms with Crippen LogP contribution >= 0.6 is 0 Å². The molecule has 3 aromatic rings. The highest BCUT2D eigenvalue weighted by atomic mass is 16.5. The lowest BCUT2D eigenvalue weighted by Crippen LogP contribution is -2.40. The second-order valence-corrected chi connectivity index (χ2v) is 6.87. The fraction of sp³-hybridized carbons (Fsp3) is 0.273. The van der Waals surface area contributed by atoms with Crippen molar-refractivity contribution < 1.29 is 9.53 Å². The highest BCUT2D eigenvalue weighted by molar-refractivity contribution is 5.98. The molecule has 0 atom stereocenters. The van der Waals surface area contributed by atoms with Crippen molar-refractivity contribution >= 4 is 16.8 Å². The summed E-state index contributed by atoms with van der Waals surface area (Å²) in [5, 5.41) is 0.857. The number of amides is 1. The molecule has 1 N–H and O–H groups in total. The van der Waals surface area contributed by atoms with E-state index in [0.29, 0.717) is 50.3 Å². The Balaban J connectivity index is 1.76. The van der Waals surface area contributed by atoms with Crippen LogP contribution in [0, 0.1) is 0 Å². The van der Waals surface area contributed by atoms with Crippen molar-refractivity contribution in [3.05, 3.63) is 71.3 Å². The molecule has 0 spiro atoms. The number of hydrogen-bond acceptors (Lipinski definition) is 3. The number of morpholine rings is 1. The lowest BCUT2D eigenvalue weighted by Gasteiger charge is -2.27. The third kappa shape index (κ3) is 3.39. The summed E-state index contributed by atoms with van der Waals surface area (Å²) in [7, 11) is 0. The van der Waals surface area contributed by atoms with Gasteiger partial charge in [0, 0.05) is 48.5 Å². The maximum absolute atomic E-state index is 12.9. The van der Waals surface area contributed by atoms with Gasteiger partial charge in [0.1, 0.15) is 5.52 Å². The van der Waals surface area contributed by atoms with Crippen LogP contribution in [0.25, 0.3) is 22.0 Å². The number of fused-ring (bicyclic) bond motifs is 1. The summed E-state index contributed by atoms with van der Waals surface area (Å²) in [4.78, 5) is 30.4. The lowest BCUT2D eigenvalue weighted by atomic mass is 10.0. The van der Waals surface area contributed by atoms with Gasteiger partial charge in [-0.1, -0.05) is 18.2 Å². The Morgan fingerprint density at radius 2 is 2.07 bits per heavy atom. The van der Waals surface area contributed by atoms with Gasteiger partial charge in [-0.3, -0.25) is 9.59 Å². The Labute approximate surface area is 163 Å². The van der Waals surface area contributed by atoms with E-state index in [2.05, 4.69) is 11.6 Å². The number of carbonyl (C=O) groups is 1. The zero-order valence-corrected chi connectivity index (χ0v) is 15.7. The minimum atomic E-state index is -0.0499. The van der Waals surface area contributed by atoms with Crippen LogP contribution < -0.4 is 5.56 Å². The van der Waals surface area contributed by atoms with Gasteiger partial charge in [-0.25, -0.2) is 0 Å². The van der Waals surface area contributed by atoms with Gasteiger partial charge in [-0.2, -0.15) is 0 Å². The summed E-state index contributed by atoms with van der Waals surface area (Å²) >= 11 is 0. The molecule has 6 nitrogen and oxygen atoms in total. The van der Waals surface area contributed by atoms with E-state index in [1.807, 2.05) is 41.4 Å². The number of benzene rings is 1. The Morgan fingerprint density at radius 1 is 1.25 bits per heavy atom. The number of nitrogens with one attached hydrogen (secondary N) is 1. The molecule has 1 aromatic carbocycles. The van der Waals surface area contributed by atoms with Crippen LogP contribution in [-0.4, -0.2) is 46.7 Å². The van der Waals surface area contributed by atoms with Crippen molar-refractivity contribution in [2.24, 2.45) is 0 Å². The third-order valence-electron chi connectivity index (χ3n) is 5.09. The van der Waals surface area contributed by atoms with Crippen LogP contribution in [0.15, 0.2) is 60.2 Å². The predicted octanol–water partition coefficient (Wildman–Crippen LogP) is 3.05. The van der Waals surface area contributed by atoms with Gasteiger partial charge in [0.05, 0.1) is 13.2 Å². The van der Waals surface area contributed by atoms with Crippen LogP contribution in [0.1, 0.15) is 16.8 Å². The summed E-state index contributed by atoms with van der Waals surface area (Å²) in [6.45, 7) is 6.67. The van der Waals surface area contributed by atoms with E-state index >= 15 is 0 Å². The van der Waals surface area contributed by atoms with E-state index in [1.165, 1.54) is 0 Å². The van der Waals surface area contributed by atoms with Crippen LogP contribution in [0.5, 0.6) is 0 Å². The molecule has 0 aliphatic carbocycles. The minimum Gasteiger partial charge on any atom is -0.378 e. The Hall–Kier alpha value is -3.12. The van der Waals surface area contributed by atoms with E-state index in [-0.39, 0.29) is 11.5 Å². The van der Waals surface area contributed by atoms with Crippen molar-refractivity contribution in [1.29, 1.82) is 0 Å². The number of rotatable bonds is 5. The summed E-state index contributed by atoms with van der Waals surface area (Å²) in [5.41, 5.74) is 3.01. The fourth-order valence-electron chi connectivity index (χ4n) is 3.59. The van der Waals surface area contributed by atoms with E-state index in [4.69, 9.17) is 4.74 Å². The molecule has 0 saturated carbocycles. The first-order valence-electron chi connectivity index (χ1n) is 9.48. The number of allylic oxidation sites excluding steroid dienone is 1. The molecule has 6 heteroatoms. The molecule has 1 amide bonds. The van der Waals surface area contributed by atoms with Gasteiger partial charge in [0.25, 0.3) is 11.5 Å². The first-order valence-corrected chi connectivity index (χ1v) is 9.48. The Bertz CT molecular complexity index is 1070. The lowest BCUT2D eigenvalue weighted by molar-refractivity contribution is 0.0303. The number of aromatic amines is 1. The average Bonchev–Trinajstić information content (AvgIpc) is 3.24. The van der Waals surface area contributed by atoms with Crippen molar-refractivity contribution in [1.82, 2.24) is 14.5 Å². The molecule has 2 aromatic heterocycles. The molecule has 0 radical (unpaired) electrons. The van der Waals surface area contributed by atoms with E-state index in [9.17, 15) is 9.59 Å². The van der Waals surface area contributed by atoms with Crippen LogP contribution in [0.3, 0.4) is 0 Å². The van der Waals surface area contributed by atoms with Gasteiger partial charge >= 0.3 is 0 Å². The number of ether oxygens (including phenoxy) is 1. The Morgan fingerprint density at radius 3 is 2.86 bits per heavy atom. The molecule has 1 fully saturated rings. The molecule has 3 heterocycles.